The van der Waals surface area contributed by atoms with Gasteiger partial charge in [-0.25, -0.2) is 4.98 Å². The molecule has 0 aliphatic rings. The average Bonchev–Trinajstić information content (AvgIpc) is 3.26. The summed E-state index contributed by atoms with van der Waals surface area (Å²) < 4.78 is 6.73. The van der Waals surface area contributed by atoms with Crippen LogP contribution in [-0.4, -0.2) is 43.0 Å². The molecule has 4 aromatic rings. The Hall–Kier alpha value is -2.12. The van der Waals surface area contributed by atoms with Crippen molar-refractivity contribution in [1.82, 2.24) is 9.88 Å². The van der Waals surface area contributed by atoms with Crippen LogP contribution in [0.3, 0.4) is 0 Å². The standard InChI is InChI=1S/C20H18ClN3O2S.ClH/c1-23(2)10-11-24(20-22-18-14(21)7-5-9-17(18)27-20)19(25)16-12-13-6-3-4-8-15(13)26-16;/h3-9,12H,10-11H2,1-2H3;1H. The molecular formula is C20H19Cl2N3O2S. The van der Waals surface area contributed by atoms with Crippen LogP contribution in [-0.2, 0) is 0 Å². The number of benzene rings is 2. The van der Waals surface area contributed by atoms with E-state index in [2.05, 4.69) is 4.98 Å². The van der Waals surface area contributed by atoms with Crippen LogP contribution in [0, 0.1) is 0 Å². The Morgan fingerprint density at radius 2 is 1.93 bits per heavy atom. The topological polar surface area (TPSA) is 49.6 Å². The van der Waals surface area contributed by atoms with E-state index in [1.807, 2.05) is 55.4 Å². The molecule has 0 spiro atoms. The Balaban J connectivity index is 0.00000225. The first kappa shape index (κ1) is 20.6. The number of amides is 1. The quantitative estimate of drug-likeness (QED) is 0.425. The lowest BCUT2D eigenvalue weighted by molar-refractivity contribution is 0.0960. The van der Waals surface area contributed by atoms with E-state index < -0.39 is 0 Å². The summed E-state index contributed by atoms with van der Waals surface area (Å²) in [6.45, 7) is 1.20. The largest absolute Gasteiger partial charge is 0.451 e. The summed E-state index contributed by atoms with van der Waals surface area (Å²) in [5, 5.41) is 2.10. The number of anilines is 1. The number of rotatable bonds is 5. The molecule has 2 heterocycles. The Kier molecular flexibility index (Phi) is 6.25. The Morgan fingerprint density at radius 3 is 2.64 bits per heavy atom. The summed E-state index contributed by atoms with van der Waals surface area (Å²) in [5.41, 5.74) is 1.41. The van der Waals surface area contributed by atoms with Gasteiger partial charge in [0, 0.05) is 18.5 Å². The second kappa shape index (κ2) is 8.49. The molecule has 0 fully saturated rings. The highest BCUT2D eigenvalue weighted by Gasteiger charge is 2.24. The van der Waals surface area contributed by atoms with Crippen molar-refractivity contribution in [3.63, 3.8) is 0 Å². The van der Waals surface area contributed by atoms with E-state index >= 15 is 0 Å². The molecule has 2 aromatic heterocycles. The van der Waals surface area contributed by atoms with Crippen LogP contribution in [0.15, 0.2) is 52.9 Å². The molecule has 0 radical (unpaired) electrons. The third kappa shape index (κ3) is 4.00. The maximum absolute atomic E-state index is 13.2. The van der Waals surface area contributed by atoms with Gasteiger partial charge in [-0.15, -0.1) is 12.4 Å². The van der Waals surface area contributed by atoms with Crippen molar-refractivity contribution < 1.29 is 9.21 Å². The summed E-state index contributed by atoms with van der Waals surface area (Å²) in [4.78, 5) is 21.6. The van der Waals surface area contributed by atoms with Gasteiger partial charge < -0.3 is 9.32 Å². The highest BCUT2D eigenvalue weighted by Crippen LogP contribution is 2.33. The van der Waals surface area contributed by atoms with Gasteiger partial charge in [-0.05, 0) is 38.4 Å². The number of hydrogen-bond donors (Lipinski definition) is 0. The molecule has 0 unspecified atom stereocenters. The van der Waals surface area contributed by atoms with Crippen molar-refractivity contribution in [2.75, 3.05) is 32.1 Å². The maximum atomic E-state index is 13.2. The van der Waals surface area contributed by atoms with E-state index in [-0.39, 0.29) is 18.3 Å². The highest BCUT2D eigenvalue weighted by atomic mass is 35.5. The zero-order chi connectivity index (χ0) is 19.0. The van der Waals surface area contributed by atoms with Gasteiger partial charge in [0.05, 0.1) is 9.72 Å². The predicted octanol–water partition coefficient (Wildman–Crippen LogP) is 5.33. The van der Waals surface area contributed by atoms with Gasteiger partial charge >= 0.3 is 0 Å². The minimum atomic E-state index is -0.205. The molecule has 4 rings (SSSR count). The van der Waals surface area contributed by atoms with Crippen LogP contribution < -0.4 is 4.90 Å². The molecular weight excluding hydrogens is 417 g/mol. The molecule has 0 N–H and O–H groups in total. The number of nitrogens with zero attached hydrogens (tertiary/aromatic N) is 3. The fourth-order valence-electron chi connectivity index (χ4n) is 2.82. The monoisotopic (exact) mass is 435 g/mol. The molecule has 2 aromatic carbocycles. The van der Waals surface area contributed by atoms with E-state index in [0.29, 0.717) is 40.1 Å². The lowest BCUT2D eigenvalue weighted by Crippen LogP contribution is -2.36. The molecule has 0 aliphatic carbocycles. The minimum Gasteiger partial charge on any atom is -0.451 e. The normalized spacial score (nSPS) is 11.1. The number of fused-ring (bicyclic) bond motifs is 2. The first-order chi connectivity index (χ1) is 13.0. The van der Waals surface area contributed by atoms with Crippen LogP contribution in [0.4, 0.5) is 5.13 Å². The van der Waals surface area contributed by atoms with Gasteiger partial charge in [-0.2, -0.15) is 0 Å². The second-order valence-corrected chi connectivity index (χ2v) is 7.91. The first-order valence-corrected chi connectivity index (χ1v) is 9.72. The fourth-order valence-corrected chi connectivity index (χ4v) is 4.11. The number of aromatic nitrogens is 1. The van der Waals surface area contributed by atoms with Crippen LogP contribution in [0.1, 0.15) is 10.6 Å². The predicted molar refractivity (Wildman–Crippen MR) is 118 cm³/mol. The van der Waals surface area contributed by atoms with Crippen LogP contribution in [0.25, 0.3) is 21.2 Å². The molecule has 1 amide bonds. The summed E-state index contributed by atoms with van der Waals surface area (Å²) in [6, 6.07) is 15.0. The zero-order valence-electron chi connectivity index (χ0n) is 15.4. The number of para-hydroxylation sites is 2. The van der Waals surface area contributed by atoms with Gasteiger partial charge in [-0.3, -0.25) is 9.69 Å². The van der Waals surface area contributed by atoms with Crippen LogP contribution in [0.2, 0.25) is 5.02 Å². The van der Waals surface area contributed by atoms with Crippen molar-refractivity contribution in [2.45, 2.75) is 0 Å². The third-order valence-electron chi connectivity index (χ3n) is 4.24. The molecule has 0 atom stereocenters. The van der Waals surface area contributed by atoms with E-state index in [1.54, 1.807) is 17.0 Å². The van der Waals surface area contributed by atoms with Crippen LogP contribution in [0.5, 0.6) is 0 Å². The summed E-state index contributed by atoms with van der Waals surface area (Å²) in [5.74, 6) is 0.100. The molecule has 0 saturated carbocycles. The van der Waals surface area contributed by atoms with E-state index in [9.17, 15) is 4.79 Å². The van der Waals surface area contributed by atoms with Crippen molar-refractivity contribution in [3.8, 4) is 0 Å². The van der Waals surface area contributed by atoms with Crippen molar-refractivity contribution in [3.05, 3.63) is 59.3 Å². The molecule has 28 heavy (non-hydrogen) atoms. The van der Waals surface area contributed by atoms with Crippen molar-refractivity contribution in [1.29, 1.82) is 0 Å². The average molecular weight is 436 g/mol. The van der Waals surface area contributed by atoms with Gasteiger partial charge in [0.15, 0.2) is 10.9 Å². The Bertz CT molecular complexity index is 1090. The minimum absolute atomic E-state index is 0. The third-order valence-corrected chi connectivity index (χ3v) is 5.59. The Morgan fingerprint density at radius 1 is 1.14 bits per heavy atom. The van der Waals surface area contributed by atoms with E-state index in [0.717, 1.165) is 10.1 Å². The molecule has 8 heteroatoms. The zero-order valence-corrected chi connectivity index (χ0v) is 17.8. The van der Waals surface area contributed by atoms with Gasteiger partial charge in [0.25, 0.3) is 5.91 Å². The molecule has 0 aliphatic heterocycles. The number of hydrogen-bond acceptors (Lipinski definition) is 5. The van der Waals surface area contributed by atoms with Gasteiger partial charge in [0.1, 0.15) is 11.1 Å². The van der Waals surface area contributed by atoms with Crippen LogP contribution >= 0.6 is 35.3 Å². The summed E-state index contributed by atoms with van der Waals surface area (Å²) in [6.07, 6.45) is 0. The van der Waals surface area contributed by atoms with Gasteiger partial charge in [0.2, 0.25) is 0 Å². The molecule has 0 saturated heterocycles. The lowest BCUT2D eigenvalue weighted by atomic mass is 10.2. The maximum Gasteiger partial charge on any atom is 0.295 e. The fraction of sp³-hybridized carbons (Fsp3) is 0.200. The number of thiazole rings is 1. The first-order valence-electron chi connectivity index (χ1n) is 8.53. The SMILES string of the molecule is CN(C)CCN(C(=O)c1cc2ccccc2o1)c1nc2c(Cl)cccc2s1.Cl. The number of halogens is 2. The van der Waals surface area contributed by atoms with Gasteiger partial charge in [-0.1, -0.05) is 47.2 Å². The molecule has 0 bridgehead atoms. The number of carbonyl (C=O) groups excluding carboxylic acids is 1. The van der Waals surface area contributed by atoms with Crippen molar-refractivity contribution >= 4 is 67.6 Å². The Labute approximate surface area is 177 Å². The number of likely N-dealkylation sites (N-methyl/N-ethyl adjacent to an activating group) is 1. The smallest absolute Gasteiger partial charge is 0.295 e. The van der Waals surface area contributed by atoms with E-state index in [1.165, 1.54) is 11.3 Å². The number of carbonyl (C=O) groups is 1. The highest BCUT2D eigenvalue weighted by molar-refractivity contribution is 7.22. The van der Waals surface area contributed by atoms with Crippen molar-refractivity contribution in [2.24, 2.45) is 0 Å². The van der Waals surface area contributed by atoms with E-state index in [4.69, 9.17) is 16.0 Å². The lowest BCUT2D eigenvalue weighted by Gasteiger charge is -2.20. The summed E-state index contributed by atoms with van der Waals surface area (Å²) >= 11 is 7.72. The molecule has 5 nitrogen and oxygen atoms in total. The second-order valence-electron chi connectivity index (χ2n) is 6.49. The summed E-state index contributed by atoms with van der Waals surface area (Å²) in [7, 11) is 3.94. The number of furan rings is 1. The molecule has 146 valence electrons.